The summed E-state index contributed by atoms with van der Waals surface area (Å²) in [6, 6.07) is 8.31. The summed E-state index contributed by atoms with van der Waals surface area (Å²) in [6.45, 7) is 5.73. The molecule has 6 heteroatoms. The second kappa shape index (κ2) is 5.97. The first-order valence-electron chi connectivity index (χ1n) is 7.21. The van der Waals surface area contributed by atoms with Crippen LogP contribution in [0.1, 0.15) is 36.5 Å². The lowest BCUT2D eigenvalue weighted by Crippen LogP contribution is -2.03. The predicted octanol–water partition coefficient (Wildman–Crippen LogP) is 3.54. The molecule has 0 saturated heterocycles. The Bertz CT molecular complexity index is 745. The van der Waals surface area contributed by atoms with Crippen molar-refractivity contribution in [2.24, 2.45) is 0 Å². The number of rotatable bonds is 5. The third-order valence-corrected chi connectivity index (χ3v) is 4.70. The van der Waals surface area contributed by atoms with Gasteiger partial charge in [-0.25, -0.2) is 4.68 Å². The van der Waals surface area contributed by atoms with Crippen molar-refractivity contribution in [3.05, 3.63) is 41.9 Å². The average molecular weight is 348 g/mol. The van der Waals surface area contributed by atoms with Gasteiger partial charge in [0.15, 0.2) is 0 Å². The van der Waals surface area contributed by atoms with E-state index in [0.717, 1.165) is 24.4 Å². The summed E-state index contributed by atoms with van der Waals surface area (Å²) in [5.41, 5.74) is 3.17. The number of aromatic nitrogens is 5. The number of para-hydroxylation sites is 1. The zero-order chi connectivity index (χ0) is 14.8. The Labute approximate surface area is 132 Å². The van der Waals surface area contributed by atoms with Crippen molar-refractivity contribution in [3.8, 4) is 0 Å². The highest BCUT2D eigenvalue weighted by Gasteiger charge is 2.13. The van der Waals surface area contributed by atoms with Crippen molar-refractivity contribution in [3.63, 3.8) is 0 Å². The van der Waals surface area contributed by atoms with Crippen LogP contribution in [0.15, 0.2) is 30.5 Å². The summed E-state index contributed by atoms with van der Waals surface area (Å²) in [6.07, 6.45) is 2.98. The maximum atomic E-state index is 4.69. The van der Waals surface area contributed by atoms with Crippen LogP contribution in [0.2, 0.25) is 0 Å². The number of fused-ring (bicyclic) bond motifs is 1. The average Bonchev–Trinajstić information content (AvgIpc) is 3.12. The van der Waals surface area contributed by atoms with E-state index in [-0.39, 0.29) is 4.83 Å². The number of hydrogen-bond donors (Lipinski definition) is 0. The second-order valence-corrected chi connectivity index (χ2v) is 6.10. The topological polar surface area (TPSA) is 48.5 Å². The number of halogens is 1. The highest BCUT2D eigenvalue weighted by Crippen LogP contribution is 2.24. The summed E-state index contributed by atoms with van der Waals surface area (Å²) in [7, 11) is 0. The van der Waals surface area contributed by atoms with Gasteiger partial charge in [-0.15, -0.1) is 5.10 Å². The van der Waals surface area contributed by atoms with E-state index in [1.165, 1.54) is 10.9 Å². The van der Waals surface area contributed by atoms with Crippen molar-refractivity contribution >= 4 is 26.8 Å². The molecule has 1 unspecified atom stereocenters. The van der Waals surface area contributed by atoms with Crippen molar-refractivity contribution in [2.75, 3.05) is 0 Å². The minimum Gasteiger partial charge on any atom is -0.265 e. The smallest absolute Gasteiger partial charge is 0.0963 e. The molecule has 0 fully saturated rings. The van der Waals surface area contributed by atoms with Crippen LogP contribution < -0.4 is 0 Å². The van der Waals surface area contributed by atoms with Gasteiger partial charge in [-0.05, 0) is 19.4 Å². The third kappa shape index (κ3) is 2.72. The Hall–Kier alpha value is -1.69. The summed E-state index contributed by atoms with van der Waals surface area (Å²) in [5, 5.41) is 14.3. The van der Waals surface area contributed by atoms with Crippen LogP contribution in [0.25, 0.3) is 10.9 Å². The Kier molecular flexibility index (Phi) is 4.05. The van der Waals surface area contributed by atoms with Crippen LogP contribution in [-0.2, 0) is 13.1 Å². The van der Waals surface area contributed by atoms with Gasteiger partial charge in [0.05, 0.1) is 34.5 Å². The second-order valence-electron chi connectivity index (χ2n) is 5.00. The van der Waals surface area contributed by atoms with E-state index in [1.807, 2.05) is 27.7 Å². The van der Waals surface area contributed by atoms with Crippen LogP contribution in [0.4, 0.5) is 0 Å². The minimum atomic E-state index is 0.260. The van der Waals surface area contributed by atoms with Crippen LogP contribution in [0, 0.1) is 0 Å². The van der Waals surface area contributed by atoms with Gasteiger partial charge in [-0.2, -0.15) is 5.10 Å². The van der Waals surface area contributed by atoms with Gasteiger partial charge in [-0.1, -0.05) is 46.3 Å². The molecule has 0 spiro atoms. The standard InChI is InChI=1S/C15H18BrN5/c1-3-12(16)14-10-20(19-17-14)9-13-11-7-5-6-8-15(11)21(4-2)18-13/h5-8,10,12H,3-4,9H2,1-2H3. The summed E-state index contributed by atoms with van der Waals surface area (Å²) in [4.78, 5) is 0.260. The fraction of sp³-hybridized carbons (Fsp3) is 0.400. The van der Waals surface area contributed by atoms with E-state index in [1.54, 1.807) is 0 Å². The van der Waals surface area contributed by atoms with Crippen molar-refractivity contribution in [1.82, 2.24) is 24.8 Å². The number of alkyl halides is 1. The molecule has 0 aliphatic heterocycles. The molecule has 3 aromatic rings. The van der Waals surface area contributed by atoms with Crippen LogP contribution >= 0.6 is 15.9 Å². The first-order valence-corrected chi connectivity index (χ1v) is 8.13. The van der Waals surface area contributed by atoms with E-state index in [9.17, 15) is 0 Å². The Morgan fingerprint density at radius 2 is 2.05 bits per heavy atom. The highest BCUT2D eigenvalue weighted by atomic mass is 79.9. The lowest BCUT2D eigenvalue weighted by atomic mass is 10.2. The number of nitrogens with zero attached hydrogens (tertiary/aromatic N) is 5. The van der Waals surface area contributed by atoms with E-state index >= 15 is 0 Å². The molecule has 0 amide bonds. The molecule has 0 aliphatic carbocycles. The normalized spacial score (nSPS) is 12.9. The zero-order valence-corrected chi connectivity index (χ0v) is 13.8. The van der Waals surface area contributed by atoms with Gasteiger partial charge >= 0.3 is 0 Å². The fourth-order valence-electron chi connectivity index (χ4n) is 2.45. The molecule has 0 saturated carbocycles. The van der Waals surface area contributed by atoms with Gasteiger partial charge in [0.2, 0.25) is 0 Å². The monoisotopic (exact) mass is 347 g/mol. The van der Waals surface area contributed by atoms with Gasteiger partial charge in [0.25, 0.3) is 0 Å². The maximum absolute atomic E-state index is 4.69. The summed E-state index contributed by atoms with van der Waals surface area (Å²) in [5.74, 6) is 0. The number of benzene rings is 1. The molecule has 0 N–H and O–H groups in total. The van der Waals surface area contributed by atoms with Crippen molar-refractivity contribution in [1.29, 1.82) is 0 Å². The molecule has 0 aliphatic rings. The Morgan fingerprint density at radius 1 is 1.24 bits per heavy atom. The fourth-order valence-corrected chi connectivity index (χ4v) is 2.66. The largest absolute Gasteiger partial charge is 0.265 e. The zero-order valence-electron chi connectivity index (χ0n) is 12.2. The molecule has 0 bridgehead atoms. The van der Waals surface area contributed by atoms with Gasteiger partial charge in [0, 0.05) is 11.9 Å². The molecular formula is C15H18BrN5. The van der Waals surface area contributed by atoms with Crippen LogP contribution in [0.3, 0.4) is 0 Å². The van der Waals surface area contributed by atoms with Crippen molar-refractivity contribution in [2.45, 2.75) is 38.2 Å². The first kappa shape index (κ1) is 14.3. The predicted molar refractivity (Wildman–Crippen MR) is 86.5 cm³/mol. The summed E-state index contributed by atoms with van der Waals surface area (Å²) >= 11 is 3.60. The SMILES string of the molecule is CCC(Br)c1cn(Cc2nn(CC)c3ccccc23)nn1. The maximum Gasteiger partial charge on any atom is 0.0963 e. The Balaban J connectivity index is 1.93. The van der Waals surface area contributed by atoms with Gasteiger partial charge in [-0.3, -0.25) is 4.68 Å². The summed E-state index contributed by atoms with van der Waals surface area (Å²) < 4.78 is 3.88. The van der Waals surface area contributed by atoms with E-state index < -0.39 is 0 Å². The lowest BCUT2D eigenvalue weighted by molar-refractivity contribution is 0.611. The molecule has 21 heavy (non-hydrogen) atoms. The van der Waals surface area contributed by atoms with E-state index in [0.29, 0.717) is 6.54 Å². The molecule has 0 radical (unpaired) electrons. The Morgan fingerprint density at radius 3 is 2.81 bits per heavy atom. The third-order valence-electron chi connectivity index (χ3n) is 3.58. The lowest BCUT2D eigenvalue weighted by Gasteiger charge is -1.99. The molecule has 1 aromatic carbocycles. The molecule has 2 aromatic heterocycles. The van der Waals surface area contributed by atoms with Crippen molar-refractivity contribution < 1.29 is 0 Å². The van der Waals surface area contributed by atoms with Gasteiger partial charge in [0.1, 0.15) is 0 Å². The molecule has 110 valence electrons. The molecule has 1 atom stereocenters. The highest BCUT2D eigenvalue weighted by molar-refractivity contribution is 9.09. The quantitative estimate of drug-likeness (QED) is 0.663. The molecular weight excluding hydrogens is 330 g/mol. The minimum absolute atomic E-state index is 0.260. The molecule has 3 rings (SSSR count). The van der Waals surface area contributed by atoms with Gasteiger partial charge < -0.3 is 0 Å². The molecule has 5 nitrogen and oxygen atoms in total. The van der Waals surface area contributed by atoms with E-state index in [4.69, 9.17) is 5.10 Å². The first-order chi connectivity index (χ1) is 10.2. The number of hydrogen-bond acceptors (Lipinski definition) is 3. The van der Waals surface area contributed by atoms with Crippen LogP contribution in [-0.4, -0.2) is 24.8 Å². The van der Waals surface area contributed by atoms with E-state index in [2.05, 4.69) is 52.2 Å². The molecule has 2 heterocycles. The van der Waals surface area contributed by atoms with Crippen LogP contribution in [0.5, 0.6) is 0 Å². The number of aryl methyl sites for hydroxylation is 1.